The number of aromatic nitrogens is 4. The molecule has 0 fully saturated rings. The number of rotatable bonds is 15. The lowest BCUT2D eigenvalue weighted by atomic mass is 10.0. The molecule has 6 nitrogen and oxygen atoms in total. The first-order valence-corrected chi connectivity index (χ1v) is 14.7. The number of aryl methyl sites for hydroxylation is 2. The van der Waals surface area contributed by atoms with Crippen LogP contribution in [0.15, 0.2) is 89.5 Å². The summed E-state index contributed by atoms with van der Waals surface area (Å²) in [5.41, 5.74) is 3.32. The van der Waals surface area contributed by atoms with Gasteiger partial charge in [0.15, 0.2) is 10.9 Å². The van der Waals surface area contributed by atoms with Gasteiger partial charge in [0.05, 0.1) is 0 Å². The van der Waals surface area contributed by atoms with Crippen LogP contribution in [0.25, 0.3) is 0 Å². The van der Waals surface area contributed by atoms with Gasteiger partial charge in [-0.3, -0.25) is 9.59 Å². The zero-order valence-electron chi connectivity index (χ0n) is 22.0. The SMILES string of the molecule is O=C(CCCCCCCSc1nc(=O)c(Cc2cncnc2)cn1CCc1ccccc1)c1ccc(Cl)cc1. The van der Waals surface area contributed by atoms with Crippen LogP contribution < -0.4 is 5.56 Å². The minimum Gasteiger partial charge on any atom is -0.327 e. The van der Waals surface area contributed by atoms with Crippen molar-refractivity contribution >= 4 is 29.1 Å². The first-order chi connectivity index (χ1) is 19.1. The van der Waals surface area contributed by atoms with Crippen molar-refractivity contribution in [3.8, 4) is 0 Å². The molecule has 0 saturated heterocycles. The molecule has 2 aromatic heterocycles. The highest BCUT2D eigenvalue weighted by Gasteiger charge is 2.11. The summed E-state index contributed by atoms with van der Waals surface area (Å²) in [6, 6.07) is 17.4. The number of thioether (sulfide) groups is 1. The standard InChI is InChI=1S/C31H33ClN4O2S/c32-28-14-12-26(13-15-28)29(37)11-7-2-1-3-8-18-39-31-35-30(38)27(19-25-20-33-23-34-21-25)22-36(31)17-16-24-9-5-4-6-10-24/h4-6,9-10,12-15,20-23H,1-3,7-8,11,16-19H2. The molecule has 0 saturated carbocycles. The molecule has 4 aromatic rings. The molecule has 0 atom stereocenters. The lowest BCUT2D eigenvalue weighted by Crippen LogP contribution is -2.20. The van der Waals surface area contributed by atoms with Crippen LogP contribution in [0.3, 0.4) is 0 Å². The number of hydrogen-bond acceptors (Lipinski definition) is 6. The van der Waals surface area contributed by atoms with Crippen LogP contribution in [0, 0.1) is 0 Å². The molecule has 0 aliphatic heterocycles. The van der Waals surface area contributed by atoms with Gasteiger partial charge in [-0.25, -0.2) is 9.97 Å². The number of carbonyl (C=O) groups is 1. The molecule has 202 valence electrons. The van der Waals surface area contributed by atoms with Crippen LogP contribution in [0.1, 0.15) is 65.6 Å². The van der Waals surface area contributed by atoms with Crippen LogP contribution in [-0.2, 0) is 19.4 Å². The first kappa shape index (κ1) is 28.7. The second-order valence-electron chi connectivity index (χ2n) is 9.50. The van der Waals surface area contributed by atoms with Gasteiger partial charge in [0.1, 0.15) is 6.33 Å². The first-order valence-electron chi connectivity index (χ1n) is 13.4. The fraction of sp³-hybridized carbons (Fsp3) is 0.323. The van der Waals surface area contributed by atoms with Crippen LogP contribution in [0.4, 0.5) is 0 Å². The molecule has 0 bridgehead atoms. The molecular weight excluding hydrogens is 528 g/mol. The average molecular weight is 561 g/mol. The van der Waals surface area contributed by atoms with Gasteiger partial charge in [-0.1, -0.05) is 73.0 Å². The summed E-state index contributed by atoms with van der Waals surface area (Å²) in [7, 11) is 0. The largest absolute Gasteiger partial charge is 0.327 e. The molecular formula is C31H33ClN4O2S. The Balaban J connectivity index is 1.26. The monoisotopic (exact) mass is 560 g/mol. The molecule has 2 aromatic carbocycles. The highest BCUT2D eigenvalue weighted by atomic mass is 35.5. The van der Waals surface area contributed by atoms with E-state index in [4.69, 9.17) is 11.6 Å². The minimum absolute atomic E-state index is 0.171. The van der Waals surface area contributed by atoms with Crippen LogP contribution in [-0.4, -0.2) is 31.1 Å². The number of ketones is 1. The predicted molar refractivity (Wildman–Crippen MR) is 158 cm³/mol. The van der Waals surface area contributed by atoms with Crippen LogP contribution in [0.2, 0.25) is 5.02 Å². The molecule has 0 unspecified atom stereocenters. The van der Waals surface area contributed by atoms with Gasteiger partial charge < -0.3 is 4.57 Å². The highest BCUT2D eigenvalue weighted by Crippen LogP contribution is 2.20. The Morgan fingerprint density at radius 2 is 1.59 bits per heavy atom. The molecule has 0 N–H and O–H groups in total. The summed E-state index contributed by atoms with van der Waals surface area (Å²) < 4.78 is 2.11. The Hall–Kier alpha value is -3.29. The van der Waals surface area contributed by atoms with Crippen molar-refractivity contribution in [1.29, 1.82) is 0 Å². The number of unbranched alkanes of at least 4 members (excludes halogenated alkanes) is 4. The van der Waals surface area contributed by atoms with Gasteiger partial charge in [0.2, 0.25) is 0 Å². The third-order valence-corrected chi connectivity index (χ3v) is 7.80. The minimum atomic E-state index is -0.192. The molecule has 0 radical (unpaired) electrons. The lowest BCUT2D eigenvalue weighted by molar-refractivity contribution is 0.0979. The van der Waals surface area contributed by atoms with E-state index in [9.17, 15) is 9.59 Å². The number of nitrogens with zero attached hydrogens (tertiary/aromatic N) is 4. The van der Waals surface area contributed by atoms with Crippen molar-refractivity contribution in [3.05, 3.63) is 117 Å². The molecule has 0 amide bonds. The Morgan fingerprint density at radius 3 is 2.36 bits per heavy atom. The summed E-state index contributed by atoms with van der Waals surface area (Å²) in [6.07, 6.45) is 13.9. The van der Waals surface area contributed by atoms with Crippen molar-refractivity contribution < 1.29 is 4.79 Å². The molecule has 0 aliphatic rings. The van der Waals surface area contributed by atoms with E-state index in [-0.39, 0.29) is 11.3 Å². The normalized spacial score (nSPS) is 11.0. The molecule has 0 aliphatic carbocycles. The van der Waals surface area contributed by atoms with Gasteiger partial charge >= 0.3 is 0 Å². The van der Waals surface area contributed by atoms with Crippen molar-refractivity contribution in [2.45, 2.75) is 63.1 Å². The summed E-state index contributed by atoms with van der Waals surface area (Å²) >= 11 is 7.54. The quantitative estimate of drug-likeness (QED) is 0.0685. The van der Waals surface area contributed by atoms with Gasteiger partial charge in [-0.15, -0.1) is 0 Å². The maximum atomic E-state index is 12.8. The van der Waals surface area contributed by atoms with E-state index in [2.05, 4.69) is 31.7 Å². The number of carbonyl (C=O) groups excluding carboxylic acids is 1. The number of Topliss-reactive ketones (excluding diaryl/α,β-unsaturated/α-hetero) is 1. The Labute approximate surface area is 238 Å². The van der Waals surface area contributed by atoms with Gasteiger partial charge in [-0.05, 0) is 54.7 Å². The smallest absolute Gasteiger partial charge is 0.277 e. The molecule has 8 heteroatoms. The number of hydrogen-bond donors (Lipinski definition) is 0. The highest BCUT2D eigenvalue weighted by molar-refractivity contribution is 7.99. The Kier molecular flexibility index (Phi) is 11.3. The van der Waals surface area contributed by atoms with E-state index >= 15 is 0 Å². The lowest BCUT2D eigenvalue weighted by Gasteiger charge is -2.14. The fourth-order valence-electron chi connectivity index (χ4n) is 4.31. The molecule has 4 rings (SSSR count). The van der Waals surface area contributed by atoms with Crippen molar-refractivity contribution in [2.24, 2.45) is 0 Å². The van der Waals surface area contributed by atoms with E-state index in [1.54, 1.807) is 48.4 Å². The maximum Gasteiger partial charge on any atom is 0.277 e. The molecule has 2 heterocycles. The summed E-state index contributed by atoms with van der Waals surface area (Å²) in [5, 5.41) is 1.41. The Bertz CT molecular complexity index is 1380. The van der Waals surface area contributed by atoms with Crippen molar-refractivity contribution in [1.82, 2.24) is 19.5 Å². The summed E-state index contributed by atoms with van der Waals surface area (Å²) in [6.45, 7) is 0.750. The zero-order chi connectivity index (χ0) is 27.3. The van der Waals surface area contributed by atoms with Crippen LogP contribution in [0.5, 0.6) is 0 Å². The van der Waals surface area contributed by atoms with Crippen molar-refractivity contribution in [3.63, 3.8) is 0 Å². The third kappa shape index (κ3) is 9.44. The van der Waals surface area contributed by atoms with E-state index in [0.717, 1.165) is 67.1 Å². The van der Waals surface area contributed by atoms with E-state index in [1.807, 2.05) is 24.4 Å². The second-order valence-corrected chi connectivity index (χ2v) is 11.0. The van der Waals surface area contributed by atoms with E-state index in [1.165, 1.54) is 11.9 Å². The zero-order valence-corrected chi connectivity index (χ0v) is 23.5. The van der Waals surface area contributed by atoms with E-state index < -0.39 is 0 Å². The maximum absolute atomic E-state index is 12.8. The van der Waals surface area contributed by atoms with E-state index in [0.29, 0.717) is 23.4 Å². The van der Waals surface area contributed by atoms with Gasteiger partial charge in [-0.2, -0.15) is 4.98 Å². The van der Waals surface area contributed by atoms with Gasteiger partial charge in [0.25, 0.3) is 5.56 Å². The van der Waals surface area contributed by atoms with Gasteiger partial charge in [0, 0.05) is 59.9 Å². The Morgan fingerprint density at radius 1 is 0.872 bits per heavy atom. The van der Waals surface area contributed by atoms with Crippen molar-refractivity contribution in [2.75, 3.05) is 5.75 Å². The molecule has 39 heavy (non-hydrogen) atoms. The molecule has 0 spiro atoms. The predicted octanol–water partition coefficient (Wildman–Crippen LogP) is 6.84. The summed E-state index contributed by atoms with van der Waals surface area (Å²) in [5.74, 6) is 1.07. The number of halogens is 1. The number of benzene rings is 2. The third-order valence-electron chi connectivity index (χ3n) is 6.47. The summed E-state index contributed by atoms with van der Waals surface area (Å²) in [4.78, 5) is 37.7. The topological polar surface area (TPSA) is 77.7 Å². The second kappa shape index (κ2) is 15.3. The average Bonchev–Trinajstić information content (AvgIpc) is 2.96. The fourth-order valence-corrected chi connectivity index (χ4v) is 5.43. The van der Waals surface area contributed by atoms with Crippen LogP contribution >= 0.6 is 23.4 Å².